The maximum absolute atomic E-state index is 6.18. The molecule has 0 aliphatic carbocycles. The van der Waals surface area contributed by atoms with Crippen LogP contribution in [0.3, 0.4) is 0 Å². The van der Waals surface area contributed by atoms with Crippen molar-refractivity contribution in [2.24, 2.45) is 0 Å². The van der Waals surface area contributed by atoms with E-state index in [1.807, 2.05) is 19.1 Å². The summed E-state index contributed by atoms with van der Waals surface area (Å²) in [6.07, 6.45) is 1.52. The molecule has 0 bridgehead atoms. The zero-order valence-electron chi connectivity index (χ0n) is 9.57. The van der Waals surface area contributed by atoms with Crippen LogP contribution in [0.25, 0.3) is 11.3 Å². The van der Waals surface area contributed by atoms with Crippen molar-refractivity contribution in [1.82, 2.24) is 9.97 Å². The third kappa shape index (κ3) is 2.31. The summed E-state index contributed by atoms with van der Waals surface area (Å²) in [7, 11) is 1.59. The number of benzene rings is 1. The van der Waals surface area contributed by atoms with Gasteiger partial charge in [-0.25, -0.2) is 4.98 Å². The fourth-order valence-corrected chi connectivity index (χ4v) is 1.79. The van der Waals surface area contributed by atoms with Crippen LogP contribution in [0.1, 0.15) is 5.69 Å². The van der Waals surface area contributed by atoms with Gasteiger partial charge in [-0.2, -0.15) is 0 Å². The molecular formula is C12H12ClN3O. The van der Waals surface area contributed by atoms with Gasteiger partial charge < -0.3 is 10.5 Å². The minimum absolute atomic E-state index is 0.373. The first-order valence-corrected chi connectivity index (χ1v) is 5.42. The molecule has 2 aromatic rings. The monoisotopic (exact) mass is 249 g/mol. The van der Waals surface area contributed by atoms with Crippen LogP contribution in [-0.2, 0) is 0 Å². The number of halogens is 1. The number of methoxy groups -OCH3 is 1. The molecule has 88 valence electrons. The van der Waals surface area contributed by atoms with Crippen LogP contribution < -0.4 is 10.5 Å². The molecule has 0 aliphatic heterocycles. The van der Waals surface area contributed by atoms with Crippen molar-refractivity contribution in [3.8, 4) is 17.0 Å². The molecule has 0 unspecified atom stereocenters. The van der Waals surface area contributed by atoms with Gasteiger partial charge in [0.1, 0.15) is 11.6 Å². The number of ether oxygens (including phenoxy) is 1. The molecule has 1 aromatic heterocycles. The molecule has 1 aromatic carbocycles. The van der Waals surface area contributed by atoms with E-state index in [2.05, 4.69) is 9.97 Å². The third-order valence-corrected chi connectivity index (χ3v) is 2.72. The SMILES string of the molecule is COc1ccc(-c2nc(N)cnc2C)c(Cl)c1. The molecule has 0 spiro atoms. The second-order valence-corrected chi connectivity index (χ2v) is 3.98. The quantitative estimate of drug-likeness (QED) is 0.889. The molecule has 2 N–H and O–H groups in total. The highest BCUT2D eigenvalue weighted by molar-refractivity contribution is 6.33. The second kappa shape index (κ2) is 4.59. The predicted molar refractivity (Wildman–Crippen MR) is 68.2 cm³/mol. The summed E-state index contributed by atoms with van der Waals surface area (Å²) in [6.45, 7) is 1.86. The van der Waals surface area contributed by atoms with E-state index in [-0.39, 0.29) is 0 Å². The molecule has 0 radical (unpaired) electrons. The second-order valence-electron chi connectivity index (χ2n) is 3.57. The molecule has 4 nitrogen and oxygen atoms in total. The Kier molecular flexibility index (Phi) is 3.15. The first-order valence-electron chi connectivity index (χ1n) is 5.05. The van der Waals surface area contributed by atoms with E-state index in [0.717, 1.165) is 11.3 Å². The van der Waals surface area contributed by atoms with Crippen LogP contribution in [0.15, 0.2) is 24.4 Å². The summed E-state index contributed by atoms with van der Waals surface area (Å²) in [5, 5.41) is 0.562. The van der Waals surface area contributed by atoms with Crippen molar-refractivity contribution in [2.45, 2.75) is 6.92 Å². The standard InChI is InChI=1S/C12H12ClN3O/c1-7-12(16-11(14)6-15-7)9-4-3-8(17-2)5-10(9)13/h3-6H,1-2H3,(H2,14,16). The summed E-state index contributed by atoms with van der Waals surface area (Å²) in [4.78, 5) is 8.41. The Hall–Kier alpha value is -1.81. The Labute approximate surface area is 104 Å². The lowest BCUT2D eigenvalue weighted by molar-refractivity contribution is 0.415. The third-order valence-electron chi connectivity index (χ3n) is 2.41. The van der Waals surface area contributed by atoms with Gasteiger partial charge in [-0.05, 0) is 25.1 Å². The fraction of sp³-hybridized carbons (Fsp3) is 0.167. The molecule has 0 fully saturated rings. The number of nitrogens with zero attached hydrogens (tertiary/aromatic N) is 2. The molecule has 0 amide bonds. The van der Waals surface area contributed by atoms with E-state index in [1.165, 1.54) is 6.20 Å². The van der Waals surface area contributed by atoms with Crippen molar-refractivity contribution in [2.75, 3.05) is 12.8 Å². The van der Waals surface area contributed by atoms with Gasteiger partial charge in [0.2, 0.25) is 0 Å². The number of nitrogen functional groups attached to an aromatic ring is 1. The number of hydrogen-bond donors (Lipinski definition) is 1. The lowest BCUT2D eigenvalue weighted by atomic mass is 10.1. The summed E-state index contributed by atoms with van der Waals surface area (Å²) in [5.74, 6) is 1.07. The van der Waals surface area contributed by atoms with Crippen molar-refractivity contribution >= 4 is 17.4 Å². The van der Waals surface area contributed by atoms with Gasteiger partial charge in [0, 0.05) is 5.56 Å². The van der Waals surface area contributed by atoms with Crippen molar-refractivity contribution in [3.63, 3.8) is 0 Å². The summed E-state index contributed by atoms with van der Waals surface area (Å²) in [6, 6.07) is 5.41. The van der Waals surface area contributed by atoms with E-state index in [0.29, 0.717) is 22.3 Å². The van der Waals surface area contributed by atoms with Crippen LogP contribution >= 0.6 is 11.6 Å². The molecule has 0 saturated carbocycles. The molecule has 0 atom stereocenters. The maximum atomic E-state index is 6.18. The van der Waals surface area contributed by atoms with E-state index >= 15 is 0 Å². The zero-order valence-corrected chi connectivity index (χ0v) is 10.3. The topological polar surface area (TPSA) is 61.0 Å². The largest absolute Gasteiger partial charge is 0.497 e. The van der Waals surface area contributed by atoms with Gasteiger partial charge in [-0.15, -0.1) is 0 Å². The highest BCUT2D eigenvalue weighted by Gasteiger charge is 2.10. The van der Waals surface area contributed by atoms with Gasteiger partial charge in [-0.1, -0.05) is 11.6 Å². The zero-order chi connectivity index (χ0) is 12.4. The van der Waals surface area contributed by atoms with Crippen LogP contribution in [0.2, 0.25) is 5.02 Å². The van der Waals surface area contributed by atoms with Crippen molar-refractivity contribution in [3.05, 3.63) is 35.1 Å². The van der Waals surface area contributed by atoms with E-state index in [4.69, 9.17) is 22.1 Å². The molecule has 17 heavy (non-hydrogen) atoms. The van der Waals surface area contributed by atoms with Crippen LogP contribution in [-0.4, -0.2) is 17.1 Å². The number of rotatable bonds is 2. The lowest BCUT2D eigenvalue weighted by Gasteiger charge is -2.08. The number of aromatic nitrogens is 2. The lowest BCUT2D eigenvalue weighted by Crippen LogP contribution is -1.98. The van der Waals surface area contributed by atoms with Gasteiger partial charge in [-0.3, -0.25) is 4.98 Å². The first kappa shape index (κ1) is 11.7. The minimum Gasteiger partial charge on any atom is -0.497 e. The number of hydrogen-bond acceptors (Lipinski definition) is 4. The number of nitrogens with two attached hydrogens (primary N) is 1. The summed E-state index contributed by atoms with van der Waals surface area (Å²) < 4.78 is 5.09. The number of aryl methyl sites for hydroxylation is 1. The van der Waals surface area contributed by atoms with E-state index in [1.54, 1.807) is 13.2 Å². The Morgan fingerprint density at radius 1 is 1.35 bits per heavy atom. The minimum atomic E-state index is 0.373. The smallest absolute Gasteiger partial charge is 0.142 e. The van der Waals surface area contributed by atoms with Crippen molar-refractivity contribution < 1.29 is 4.74 Å². The predicted octanol–water partition coefficient (Wildman–Crippen LogP) is 2.70. The first-order chi connectivity index (χ1) is 8.11. The average molecular weight is 250 g/mol. The average Bonchev–Trinajstić information content (AvgIpc) is 2.32. The van der Waals surface area contributed by atoms with Gasteiger partial charge in [0.25, 0.3) is 0 Å². The molecular weight excluding hydrogens is 238 g/mol. The Balaban J connectivity index is 2.56. The van der Waals surface area contributed by atoms with Crippen molar-refractivity contribution in [1.29, 1.82) is 0 Å². The van der Waals surface area contributed by atoms with Crippen LogP contribution in [0.5, 0.6) is 5.75 Å². The highest BCUT2D eigenvalue weighted by Crippen LogP contribution is 2.31. The summed E-state index contributed by atoms with van der Waals surface area (Å²) >= 11 is 6.18. The number of anilines is 1. The van der Waals surface area contributed by atoms with Gasteiger partial charge in [0.15, 0.2) is 0 Å². The normalized spacial score (nSPS) is 10.3. The van der Waals surface area contributed by atoms with Gasteiger partial charge >= 0.3 is 0 Å². The van der Waals surface area contributed by atoms with Crippen LogP contribution in [0.4, 0.5) is 5.82 Å². The molecule has 5 heteroatoms. The maximum Gasteiger partial charge on any atom is 0.142 e. The fourth-order valence-electron chi connectivity index (χ4n) is 1.53. The molecule has 2 rings (SSSR count). The van der Waals surface area contributed by atoms with Gasteiger partial charge in [0.05, 0.1) is 29.7 Å². The van der Waals surface area contributed by atoms with E-state index in [9.17, 15) is 0 Å². The Bertz CT molecular complexity index is 557. The van der Waals surface area contributed by atoms with Crippen LogP contribution in [0, 0.1) is 6.92 Å². The highest BCUT2D eigenvalue weighted by atomic mass is 35.5. The molecule has 1 heterocycles. The Morgan fingerprint density at radius 2 is 2.12 bits per heavy atom. The Morgan fingerprint density at radius 3 is 2.76 bits per heavy atom. The molecule has 0 saturated heterocycles. The summed E-state index contributed by atoms with van der Waals surface area (Å²) in [5.41, 5.74) is 7.90. The van der Waals surface area contributed by atoms with E-state index < -0.39 is 0 Å². The molecule has 0 aliphatic rings.